The van der Waals surface area contributed by atoms with E-state index in [1.54, 1.807) is 0 Å². The number of carbonyl (C=O) groups excluding carboxylic acids is 4. The van der Waals surface area contributed by atoms with E-state index < -0.39 is 10.8 Å². The molecule has 10 aliphatic rings. The molecular formula is C62H89N5O4. The topological polar surface area (TPSA) is 178 Å². The Balaban J connectivity index is 0.000000176. The first-order valence-electron chi connectivity index (χ1n) is 28.0. The number of carbonyl (C=O) groups is 4. The van der Waals surface area contributed by atoms with Crippen LogP contribution in [0.3, 0.4) is 0 Å². The van der Waals surface area contributed by atoms with E-state index >= 15 is 0 Å². The molecule has 386 valence electrons. The van der Waals surface area contributed by atoms with E-state index in [0.29, 0.717) is 36.5 Å². The normalized spacial score (nSPS) is 49.4. The Bertz CT molecular complexity index is 2530. The third-order valence-electron chi connectivity index (χ3n) is 25.5. The van der Waals surface area contributed by atoms with Crippen LogP contribution in [0.15, 0.2) is 23.3 Å². The largest absolute Gasteiger partial charge is 0.325 e. The molecule has 8 fully saturated rings. The molecule has 10 aliphatic carbocycles. The van der Waals surface area contributed by atoms with Crippen molar-refractivity contribution in [3.05, 3.63) is 23.3 Å². The maximum absolute atomic E-state index is 14.5. The number of nitrogens with zero attached hydrogens (tertiary/aromatic N) is 3. The lowest BCUT2D eigenvalue weighted by molar-refractivity contribution is -0.215. The second kappa shape index (κ2) is 16.0. The van der Waals surface area contributed by atoms with E-state index in [4.69, 9.17) is 5.73 Å². The molecule has 0 unspecified atom stereocenters. The van der Waals surface area contributed by atoms with Crippen LogP contribution in [-0.2, 0) is 19.2 Å². The van der Waals surface area contributed by atoms with E-state index in [-0.39, 0.29) is 119 Å². The van der Waals surface area contributed by atoms with Gasteiger partial charge in [0.2, 0.25) is 0 Å². The molecule has 0 heterocycles. The number of allylic oxidation sites excluding steroid dienone is 4. The van der Waals surface area contributed by atoms with Crippen LogP contribution in [0.5, 0.6) is 0 Å². The SMILES string of the molecule is CC1(C)CC[C@]2(N)CC[C@]3(C)[C@H](C(=O)C[C@@H]4[C@@]5(C)C=C(C#N)C(=O)C(C)(C)[C@@H]5CC[C@]43C)[C@@H]2C1.CC1(C)CC[C@]2(NCC#N)CC[C@]3(C)[C@H](C(=O)C[C@@H]4[C@@]5(C)C=C(C#N)C(=O)C(C)(C)[C@@H]5CC[C@]43C)[C@@H]2C1. The van der Waals surface area contributed by atoms with Crippen molar-refractivity contribution in [2.24, 2.45) is 107 Å². The Hall–Kier alpha value is -3.45. The van der Waals surface area contributed by atoms with Crippen molar-refractivity contribution >= 4 is 23.1 Å². The van der Waals surface area contributed by atoms with Gasteiger partial charge in [-0.3, -0.25) is 24.5 Å². The molecular weight excluding hydrogens is 879 g/mol. The van der Waals surface area contributed by atoms with Crippen LogP contribution >= 0.6 is 0 Å². The summed E-state index contributed by atoms with van der Waals surface area (Å²) in [6, 6.07) is 6.74. The summed E-state index contributed by atoms with van der Waals surface area (Å²) in [5.74, 6) is 1.72. The summed E-state index contributed by atoms with van der Waals surface area (Å²) < 4.78 is 0. The highest BCUT2D eigenvalue weighted by Gasteiger charge is 2.74. The maximum atomic E-state index is 14.5. The average molecular weight is 968 g/mol. The number of hydrogen-bond donors (Lipinski definition) is 2. The van der Waals surface area contributed by atoms with Crippen LogP contribution in [0.2, 0.25) is 0 Å². The smallest absolute Gasteiger partial charge is 0.178 e. The molecule has 9 heteroatoms. The summed E-state index contributed by atoms with van der Waals surface area (Å²) in [5.41, 5.74) is 5.53. The Morgan fingerprint density at radius 2 is 0.915 bits per heavy atom. The number of nitriles is 3. The minimum absolute atomic E-state index is 0.0184. The Morgan fingerprint density at radius 1 is 0.521 bits per heavy atom. The lowest BCUT2D eigenvalue weighted by Gasteiger charge is -2.72. The van der Waals surface area contributed by atoms with Gasteiger partial charge in [0.05, 0.1) is 23.8 Å². The number of nitrogens with one attached hydrogen (secondary N) is 1. The fourth-order valence-electron chi connectivity index (χ4n) is 21.2. The van der Waals surface area contributed by atoms with Crippen molar-refractivity contribution in [2.45, 2.75) is 211 Å². The van der Waals surface area contributed by atoms with Gasteiger partial charge in [0.25, 0.3) is 0 Å². The standard InChI is InChI=1S/C32H45N3O2.C30H44N2O2/c1-27(2)10-12-32(35-15-14-33)13-11-31(7)25(21(32)18-27)22(36)16-24-29(5)17-20(19-34)26(37)28(3,4)23(29)8-9-30(24,31)6;1-25(2)10-12-30(32)13-11-29(7)23(19(30)16-25)20(33)14-22-27(5)15-18(17-31)24(34)26(3,4)21(27)8-9-28(22,29)6/h17,21,23-25,35H,8-13,15-16,18H2,1-7H3;15,19,21-23H,8-14,16,32H2,1-7H3/t21-,23-,24+,25-,29-,30+,31+,32-;19-,21-,22+,23-,27-,28+,29+,30-/m00/s1. The zero-order valence-electron chi connectivity index (χ0n) is 46.3. The summed E-state index contributed by atoms with van der Waals surface area (Å²) in [6.45, 7) is 32.0. The molecule has 71 heavy (non-hydrogen) atoms. The van der Waals surface area contributed by atoms with E-state index in [0.717, 1.165) is 89.9 Å². The average Bonchev–Trinajstić information content (AvgIpc) is 3.28. The molecule has 0 amide bonds. The third kappa shape index (κ3) is 6.96. The van der Waals surface area contributed by atoms with Gasteiger partial charge in [0, 0.05) is 46.6 Å². The van der Waals surface area contributed by atoms with Gasteiger partial charge in [-0.05, 0) is 169 Å². The van der Waals surface area contributed by atoms with Crippen molar-refractivity contribution in [1.29, 1.82) is 15.8 Å². The van der Waals surface area contributed by atoms with Crippen molar-refractivity contribution < 1.29 is 19.2 Å². The quantitative estimate of drug-likeness (QED) is 0.255. The van der Waals surface area contributed by atoms with Crippen LogP contribution < -0.4 is 11.1 Å². The first-order valence-corrected chi connectivity index (χ1v) is 28.0. The molecule has 0 aromatic carbocycles. The predicted octanol–water partition coefficient (Wildman–Crippen LogP) is 12.1. The van der Waals surface area contributed by atoms with Gasteiger partial charge in [-0.15, -0.1) is 0 Å². The van der Waals surface area contributed by atoms with Gasteiger partial charge in [-0.1, -0.05) is 109 Å². The first-order chi connectivity index (χ1) is 32.7. The number of ketones is 4. The van der Waals surface area contributed by atoms with Crippen LogP contribution in [0.25, 0.3) is 0 Å². The maximum Gasteiger partial charge on any atom is 0.178 e. The van der Waals surface area contributed by atoms with E-state index in [1.807, 2.05) is 39.8 Å². The molecule has 10 rings (SSSR count). The van der Waals surface area contributed by atoms with Crippen molar-refractivity contribution in [3.63, 3.8) is 0 Å². The molecule has 0 aromatic heterocycles. The highest BCUT2D eigenvalue weighted by atomic mass is 16.1. The molecule has 16 atom stereocenters. The molecule has 0 radical (unpaired) electrons. The van der Waals surface area contributed by atoms with E-state index in [9.17, 15) is 35.0 Å². The number of hydrogen-bond acceptors (Lipinski definition) is 9. The molecule has 0 spiro atoms. The second-order valence-corrected chi connectivity index (χ2v) is 30.3. The lowest BCUT2D eigenvalue weighted by Crippen LogP contribution is -2.71. The van der Waals surface area contributed by atoms with Gasteiger partial charge in [-0.2, -0.15) is 15.8 Å². The highest BCUT2D eigenvalue weighted by Crippen LogP contribution is 2.77. The van der Waals surface area contributed by atoms with Crippen molar-refractivity contribution in [3.8, 4) is 18.2 Å². The van der Waals surface area contributed by atoms with Crippen molar-refractivity contribution in [2.75, 3.05) is 6.54 Å². The molecule has 0 bridgehead atoms. The van der Waals surface area contributed by atoms with E-state index in [2.05, 4.69) is 92.8 Å². The minimum atomic E-state index is -0.604. The van der Waals surface area contributed by atoms with Crippen LogP contribution in [-0.4, -0.2) is 40.8 Å². The number of Topliss-reactive ketones (excluding diaryl/α,β-unsaturated/α-hetero) is 4. The fraction of sp³-hybridized carbons (Fsp3) is 0.823. The molecule has 8 saturated carbocycles. The highest BCUT2D eigenvalue weighted by molar-refractivity contribution is 6.05. The summed E-state index contributed by atoms with van der Waals surface area (Å²) in [5, 5.41) is 32.8. The van der Waals surface area contributed by atoms with Gasteiger partial charge in [0.15, 0.2) is 11.6 Å². The van der Waals surface area contributed by atoms with Gasteiger partial charge < -0.3 is 5.73 Å². The molecule has 9 nitrogen and oxygen atoms in total. The van der Waals surface area contributed by atoms with Crippen LogP contribution in [0, 0.1) is 135 Å². The molecule has 0 aromatic rings. The summed E-state index contributed by atoms with van der Waals surface area (Å²) in [6.07, 6.45) is 19.3. The third-order valence-corrected chi connectivity index (χ3v) is 25.5. The molecule has 0 saturated heterocycles. The summed E-state index contributed by atoms with van der Waals surface area (Å²) >= 11 is 0. The molecule has 0 aliphatic heterocycles. The van der Waals surface area contributed by atoms with Gasteiger partial charge >= 0.3 is 0 Å². The van der Waals surface area contributed by atoms with Crippen LogP contribution in [0.4, 0.5) is 0 Å². The lowest BCUT2D eigenvalue weighted by atomic mass is 9.32. The van der Waals surface area contributed by atoms with Gasteiger partial charge in [0.1, 0.15) is 23.7 Å². The van der Waals surface area contributed by atoms with Crippen molar-refractivity contribution in [1.82, 2.24) is 5.32 Å². The van der Waals surface area contributed by atoms with Crippen LogP contribution in [0.1, 0.15) is 200 Å². The predicted molar refractivity (Wildman–Crippen MR) is 276 cm³/mol. The number of fused-ring (bicyclic) bond motifs is 14. The fourth-order valence-corrected chi connectivity index (χ4v) is 21.2. The summed E-state index contributed by atoms with van der Waals surface area (Å²) in [7, 11) is 0. The zero-order chi connectivity index (χ0) is 52.3. The molecule has 3 N–H and O–H groups in total. The summed E-state index contributed by atoms with van der Waals surface area (Å²) in [4.78, 5) is 55.1. The Morgan fingerprint density at radius 3 is 1.37 bits per heavy atom. The van der Waals surface area contributed by atoms with E-state index in [1.165, 1.54) is 0 Å². The zero-order valence-corrected chi connectivity index (χ0v) is 46.3. The Kier molecular flexibility index (Phi) is 11.8. The van der Waals surface area contributed by atoms with Gasteiger partial charge in [-0.25, -0.2) is 0 Å². The first kappa shape index (κ1) is 52.4. The number of nitrogens with two attached hydrogens (primary N) is 1. The minimum Gasteiger partial charge on any atom is -0.325 e. The number of rotatable bonds is 2. The second-order valence-electron chi connectivity index (χ2n) is 30.3. The monoisotopic (exact) mass is 968 g/mol. The Labute approximate surface area is 427 Å².